The summed E-state index contributed by atoms with van der Waals surface area (Å²) in [6.07, 6.45) is 3.45. The summed E-state index contributed by atoms with van der Waals surface area (Å²) in [6.45, 7) is 2.75. The fourth-order valence-electron chi connectivity index (χ4n) is 1.83. The first-order valence-corrected chi connectivity index (χ1v) is 7.61. The Hall–Kier alpha value is -0.550. The molecule has 0 aromatic heterocycles. The molecule has 1 rings (SSSR count). The second kappa shape index (κ2) is 8.53. The molecule has 0 amide bonds. The molecular weight excluding hydrogens is 246 g/mol. The zero-order valence-corrected chi connectivity index (χ0v) is 11.9. The topological polar surface area (TPSA) is 52.5 Å². The largest absolute Gasteiger partial charge is 0.394 e. The number of aliphatic hydroxyl groups is 2. The number of hydrogen-bond donors (Lipinski definition) is 3. The van der Waals surface area contributed by atoms with E-state index in [4.69, 9.17) is 5.11 Å². The fourth-order valence-corrected chi connectivity index (χ4v) is 2.24. The van der Waals surface area contributed by atoms with Crippen LogP contribution in [0.2, 0.25) is 0 Å². The molecule has 0 aliphatic heterocycles. The maximum Gasteiger partial charge on any atom is 0.0965 e. The van der Waals surface area contributed by atoms with Crippen LogP contribution >= 0.6 is 11.8 Å². The van der Waals surface area contributed by atoms with Gasteiger partial charge in [-0.15, -0.1) is 11.8 Å². The monoisotopic (exact) mass is 269 g/mol. The number of benzene rings is 1. The van der Waals surface area contributed by atoms with Crippen LogP contribution in [0.5, 0.6) is 0 Å². The molecule has 1 aromatic rings. The van der Waals surface area contributed by atoms with Gasteiger partial charge in [0.2, 0.25) is 0 Å². The molecule has 0 aliphatic carbocycles. The van der Waals surface area contributed by atoms with Crippen molar-refractivity contribution in [3.05, 3.63) is 29.8 Å². The molecule has 2 atom stereocenters. The van der Waals surface area contributed by atoms with Gasteiger partial charge in [-0.3, -0.25) is 0 Å². The van der Waals surface area contributed by atoms with Crippen LogP contribution in [0.3, 0.4) is 0 Å². The van der Waals surface area contributed by atoms with Crippen LogP contribution in [0.4, 0.5) is 0 Å². The molecule has 1 aromatic carbocycles. The van der Waals surface area contributed by atoms with Gasteiger partial charge >= 0.3 is 0 Å². The minimum absolute atomic E-state index is 0.197. The lowest BCUT2D eigenvalue weighted by molar-refractivity contribution is 0.0624. The van der Waals surface area contributed by atoms with E-state index in [1.54, 1.807) is 11.8 Å². The van der Waals surface area contributed by atoms with Crippen molar-refractivity contribution < 1.29 is 10.2 Å². The van der Waals surface area contributed by atoms with Crippen LogP contribution < -0.4 is 5.32 Å². The standard InChI is InChI=1S/C14H23NO2S/c1-3-4-9-15-14(13(17)10-16)11-5-7-12(18-2)8-6-11/h5-8,13-17H,3-4,9-10H2,1-2H3. The molecule has 0 saturated heterocycles. The summed E-state index contributed by atoms with van der Waals surface area (Å²) < 4.78 is 0. The number of unbranched alkanes of at least 4 members (excludes halogenated alkanes) is 1. The highest BCUT2D eigenvalue weighted by Crippen LogP contribution is 2.21. The second-order valence-electron chi connectivity index (χ2n) is 4.31. The van der Waals surface area contributed by atoms with Crippen LogP contribution in [-0.4, -0.2) is 35.7 Å². The third-order valence-corrected chi connectivity index (χ3v) is 3.68. The van der Waals surface area contributed by atoms with E-state index in [2.05, 4.69) is 12.2 Å². The summed E-state index contributed by atoms with van der Waals surface area (Å²) in [7, 11) is 0. The van der Waals surface area contributed by atoms with E-state index in [0.29, 0.717) is 0 Å². The minimum Gasteiger partial charge on any atom is -0.394 e. The van der Waals surface area contributed by atoms with Gasteiger partial charge in [-0.1, -0.05) is 25.5 Å². The molecule has 0 fully saturated rings. The van der Waals surface area contributed by atoms with Crippen molar-refractivity contribution in [3.8, 4) is 0 Å². The van der Waals surface area contributed by atoms with Crippen molar-refractivity contribution >= 4 is 11.8 Å². The molecule has 0 spiro atoms. The van der Waals surface area contributed by atoms with E-state index < -0.39 is 6.10 Å². The number of nitrogens with one attached hydrogen (secondary N) is 1. The molecule has 102 valence electrons. The maximum atomic E-state index is 9.88. The van der Waals surface area contributed by atoms with Crippen molar-refractivity contribution in [2.75, 3.05) is 19.4 Å². The quantitative estimate of drug-likeness (QED) is 0.500. The number of rotatable bonds is 8. The van der Waals surface area contributed by atoms with Crippen LogP contribution in [0.15, 0.2) is 29.2 Å². The van der Waals surface area contributed by atoms with Gasteiger partial charge in [0, 0.05) is 4.90 Å². The fraction of sp³-hybridized carbons (Fsp3) is 0.571. The molecule has 3 N–H and O–H groups in total. The molecule has 0 bridgehead atoms. The summed E-state index contributed by atoms with van der Waals surface area (Å²) in [6, 6.07) is 7.90. The van der Waals surface area contributed by atoms with Crippen LogP contribution in [0.1, 0.15) is 31.4 Å². The Morgan fingerprint density at radius 1 is 1.28 bits per heavy atom. The van der Waals surface area contributed by atoms with Gasteiger partial charge in [0.1, 0.15) is 0 Å². The van der Waals surface area contributed by atoms with Gasteiger partial charge in [-0.25, -0.2) is 0 Å². The first kappa shape index (κ1) is 15.5. The van der Waals surface area contributed by atoms with Gasteiger partial charge in [-0.05, 0) is 36.9 Å². The Morgan fingerprint density at radius 2 is 1.94 bits per heavy atom. The van der Waals surface area contributed by atoms with Gasteiger partial charge in [0.15, 0.2) is 0 Å². The van der Waals surface area contributed by atoms with E-state index in [1.165, 1.54) is 4.90 Å². The lowest BCUT2D eigenvalue weighted by atomic mass is 10.0. The second-order valence-corrected chi connectivity index (χ2v) is 5.19. The maximum absolute atomic E-state index is 9.88. The van der Waals surface area contributed by atoms with Crippen molar-refractivity contribution in [1.29, 1.82) is 0 Å². The average molecular weight is 269 g/mol. The summed E-state index contributed by atoms with van der Waals surface area (Å²) in [5.74, 6) is 0. The zero-order valence-electron chi connectivity index (χ0n) is 11.1. The van der Waals surface area contributed by atoms with E-state index in [0.717, 1.165) is 24.9 Å². The van der Waals surface area contributed by atoms with E-state index in [-0.39, 0.29) is 12.6 Å². The highest BCUT2D eigenvalue weighted by atomic mass is 32.2. The highest BCUT2D eigenvalue weighted by molar-refractivity contribution is 7.98. The summed E-state index contributed by atoms with van der Waals surface area (Å²) >= 11 is 1.69. The lowest BCUT2D eigenvalue weighted by Gasteiger charge is -2.23. The molecule has 0 radical (unpaired) electrons. The molecule has 2 unspecified atom stereocenters. The molecule has 0 saturated carbocycles. The van der Waals surface area contributed by atoms with Crippen LogP contribution in [0, 0.1) is 0 Å². The van der Waals surface area contributed by atoms with E-state index in [9.17, 15) is 5.11 Å². The van der Waals surface area contributed by atoms with Gasteiger partial charge < -0.3 is 15.5 Å². The first-order valence-electron chi connectivity index (χ1n) is 6.39. The zero-order chi connectivity index (χ0) is 13.4. The van der Waals surface area contributed by atoms with E-state index in [1.807, 2.05) is 30.5 Å². The van der Waals surface area contributed by atoms with E-state index >= 15 is 0 Å². The van der Waals surface area contributed by atoms with Gasteiger partial charge in [0.25, 0.3) is 0 Å². The Kier molecular flexibility index (Phi) is 7.35. The van der Waals surface area contributed by atoms with Crippen molar-refractivity contribution in [2.45, 2.75) is 36.8 Å². The predicted molar refractivity (Wildman–Crippen MR) is 77.0 cm³/mol. The van der Waals surface area contributed by atoms with Gasteiger partial charge in [0.05, 0.1) is 18.8 Å². The van der Waals surface area contributed by atoms with Crippen LogP contribution in [0.25, 0.3) is 0 Å². The Morgan fingerprint density at radius 3 is 2.44 bits per heavy atom. The normalized spacial score (nSPS) is 14.4. The molecular formula is C14H23NO2S. The number of aliphatic hydroxyl groups excluding tert-OH is 2. The Balaban J connectivity index is 2.73. The van der Waals surface area contributed by atoms with Gasteiger partial charge in [-0.2, -0.15) is 0 Å². The summed E-state index contributed by atoms with van der Waals surface area (Å²) in [5.41, 5.74) is 1.02. The van der Waals surface area contributed by atoms with Crippen molar-refractivity contribution in [3.63, 3.8) is 0 Å². The molecule has 3 nitrogen and oxygen atoms in total. The SMILES string of the molecule is CCCCNC(c1ccc(SC)cc1)C(O)CO. The molecule has 0 heterocycles. The summed E-state index contributed by atoms with van der Waals surface area (Å²) in [4.78, 5) is 1.20. The van der Waals surface area contributed by atoms with Crippen molar-refractivity contribution in [1.82, 2.24) is 5.32 Å². The molecule has 0 aliphatic rings. The predicted octanol–water partition coefficient (Wildman–Crippen LogP) is 2.19. The number of hydrogen-bond acceptors (Lipinski definition) is 4. The average Bonchev–Trinajstić information content (AvgIpc) is 2.43. The Bertz CT molecular complexity index is 329. The third kappa shape index (κ3) is 4.61. The molecule has 18 heavy (non-hydrogen) atoms. The van der Waals surface area contributed by atoms with Crippen LogP contribution in [-0.2, 0) is 0 Å². The summed E-state index contributed by atoms with van der Waals surface area (Å²) in [5, 5.41) is 22.3. The Labute approximate surface area is 114 Å². The smallest absolute Gasteiger partial charge is 0.0965 e. The number of thioether (sulfide) groups is 1. The molecule has 4 heteroatoms. The van der Waals surface area contributed by atoms with Crippen molar-refractivity contribution in [2.24, 2.45) is 0 Å². The highest BCUT2D eigenvalue weighted by Gasteiger charge is 2.19. The first-order chi connectivity index (χ1) is 8.72. The third-order valence-electron chi connectivity index (χ3n) is 2.94. The lowest BCUT2D eigenvalue weighted by Crippen LogP contribution is -2.34. The minimum atomic E-state index is -0.762.